The van der Waals surface area contributed by atoms with Gasteiger partial charge in [-0.3, -0.25) is 9.69 Å². The van der Waals surface area contributed by atoms with Gasteiger partial charge in [0.2, 0.25) is 5.91 Å². The highest BCUT2D eigenvalue weighted by atomic mass is 16.2. The van der Waals surface area contributed by atoms with Crippen molar-refractivity contribution in [2.75, 3.05) is 26.2 Å². The van der Waals surface area contributed by atoms with Crippen molar-refractivity contribution in [1.29, 1.82) is 0 Å². The maximum Gasteiger partial charge on any atom is 0.236 e. The highest BCUT2D eigenvalue weighted by Gasteiger charge is 2.25. The fourth-order valence-corrected chi connectivity index (χ4v) is 3.14. The normalized spacial score (nSPS) is 23.1. The lowest BCUT2D eigenvalue weighted by Gasteiger charge is -2.36. The fourth-order valence-electron chi connectivity index (χ4n) is 3.14. The average Bonchev–Trinajstić information content (AvgIpc) is 2.45. The number of hydrogen-bond donors (Lipinski definition) is 1. The summed E-state index contributed by atoms with van der Waals surface area (Å²) >= 11 is 0. The number of nitrogens with zero attached hydrogens (tertiary/aromatic N) is 2. The third kappa shape index (κ3) is 5.41. The monoisotopic (exact) mass is 283 g/mol. The van der Waals surface area contributed by atoms with Gasteiger partial charge in [-0.05, 0) is 45.1 Å². The van der Waals surface area contributed by atoms with Crippen molar-refractivity contribution in [3.05, 3.63) is 0 Å². The molecule has 20 heavy (non-hydrogen) atoms. The molecule has 1 aliphatic carbocycles. The van der Waals surface area contributed by atoms with E-state index in [2.05, 4.69) is 25.7 Å². The molecule has 0 aromatic heterocycles. The molecule has 0 aromatic rings. The predicted molar refractivity (Wildman–Crippen MR) is 84.6 cm³/mol. The highest BCUT2D eigenvalue weighted by Crippen LogP contribution is 2.22. The van der Waals surface area contributed by atoms with Gasteiger partial charge in [-0.2, -0.15) is 0 Å². The Balaban J connectivity index is 2.51. The van der Waals surface area contributed by atoms with Gasteiger partial charge in [-0.15, -0.1) is 0 Å². The van der Waals surface area contributed by atoms with Gasteiger partial charge in [0.25, 0.3) is 0 Å². The van der Waals surface area contributed by atoms with Crippen LogP contribution in [0.3, 0.4) is 0 Å². The molecule has 1 saturated carbocycles. The Hall–Kier alpha value is -0.610. The first-order chi connectivity index (χ1) is 9.62. The van der Waals surface area contributed by atoms with Crippen LogP contribution in [-0.2, 0) is 4.79 Å². The molecule has 0 unspecified atom stereocenters. The largest absolute Gasteiger partial charge is 0.342 e. The molecule has 0 aromatic carbocycles. The Morgan fingerprint density at radius 3 is 2.05 bits per heavy atom. The Morgan fingerprint density at radius 2 is 1.60 bits per heavy atom. The Bertz CT molecular complexity index is 269. The summed E-state index contributed by atoms with van der Waals surface area (Å²) in [5, 5.41) is 0. The van der Waals surface area contributed by atoms with Gasteiger partial charge in [-0.25, -0.2) is 0 Å². The molecule has 1 amide bonds. The van der Waals surface area contributed by atoms with Crippen LogP contribution in [0.15, 0.2) is 0 Å². The van der Waals surface area contributed by atoms with Crippen LogP contribution in [0.25, 0.3) is 0 Å². The standard InChI is InChI=1S/C16H33N3O/c1-4-11-19(12-5-2)16(20)13-18(6-3)15-9-7-14(17)8-10-15/h14-15H,4-13,17H2,1-3H3. The van der Waals surface area contributed by atoms with E-state index in [0.717, 1.165) is 58.2 Å². The van der Waals surface area contributed by atoms with Gasteiger partial charge in [-0.1, -0.05) is 20.8 Å². The summed E-state index contributed by atoms with van der Waals surface area (Å²) in [7, 11) is 0. The zero-order valence-electron chi connectivity index (χ0n) is 13.6. The van der Waals surface area contributed by atoms with E-state index < -0.39 is 0 Å². The molecule has 0 saturated heterocycles. The number of carbonyl (C=O) groups excluding carboxylic acids is 1. The van der Waals surface area contributed by atoms with Crippen molar-refractivity contribution in [1.82, 2.24) is 9.80 Å². The van der Waals surface area contributed by atoms with Gasteiger partial charge in [0.1, 0.15) is 0 Å². The molecule has 0 radical (unpaired) electrons. The molecule has 4 nitrogen and oxygen atoms in total. The van der Waals surface area contributed by atoms with E-state index in [0.29, 0.717) is 24.5 Å². The maximum atomic E-state index is 12.5. The lowest BCUT2D eigenvalue weighted by Crippen LogP contribution is -2.47. The summed E-state index contributed by atoms with van der Waals surface area (Å²) in [6.07, 6.45) is 6.56. The molecule has 0 bridgehead atoms. The van der Waals surface area contributed by atoms with Crippen molar-refractivity contribution in [3.63, 3.8) is 0 Å². The molecule has 1 fully saturated rings. The fraction of sp³-hybridized carbons (Fsp3) is 0.938. The molecule has 1 rings (SSSR count). The highest BCUT2D eigenvalue weighted by molar-refractivity contribution is 5.78. The van der Waals surface area contributed by atoms with E-state index in [1.807, 2.05) is 4.90 Å². The second-order valence-corrected chi connectivity index (χ2v) is 6.01. The van der Waals surface area contributed by atoms with Crippen LogP contribution < -0.4 is 5.73 Å². The summed E-state index contributed by atoms with van der Waals surface area (Å²) < 4.78 is 0. The van der Waals surface area contributed by atoms with Gasteiger partial charge in [0.15, 0.2) is 0 Å². The molecule has 0 spiro atoms. The van der Waals surface area contributed by atoms with Gasteiger partial charge < -0.3 is 10.6 Å². The second-order valence-electron chi connectivity index (χ2n) is 6.01. The number of carbonyl (C=O) groups is 1. The Labute approximate surface area is 124 Å². The van der Waals surface area contributed by atoms with Crippen molar-refractivity contribution in [3.8, 4) is 0 Å². The summed E-state index contributed by atoms with van der Waals surface area (Å²) in [6, 6.07) is 0.922. The van der Waals surface area contributed by atoms with Crippen LogP contribution in [0.4, 0.5) is 0 Å². The first kappa shape index (κ1) is 17.4. The zero-order chi connectivity index (χ0) is 15.0. The summed E-state index contributed by atoms with van der Waals surface area (Å²) in [4.78, 5) is 16.8. The van der Waals surface area contributed by atoms with Crippen LogP contribution in [-0.4, -0.2) is 54.0 Å². The van der Waals surface area contributed by atoms with E-state index in [4.69, 9.17) is 5.73 Å². The van der Waals surface area contributed by atoms with Crippen molar-refractivity contribution >= 4 is 5.91 Å². The number of likely N-dealkylation sites (N-methyl/N-ethyl adjacent to an activating group) is 1. The number of rotatable bonds is 8. The smallest absolute Gasteiger partial charge is 0.236 e. The average molecular weight is 283 g/mol. The minimum Gasteiger partial charge on any atom is -0.342 e. The van der Waals surface area contributed by atoms with E-state index in [-0.39, 0.29) is 0 Å². The lowest BCUT2D eigenvalue weighted by molar-refractivity contribution is -0.133. The second kappa shape index (κ2) is 9.35. The molecule has 118 valence electrons. The Kier molecular flexibility index (Phi) is 8.15. The minimum absolute atomic E-state index is 0.297. The minimum atomic E-state index is 0.297. The van der Waals surface area contributed by atoms with E-state index in [9.17, 15) is 4.79 Å². The molecule has 0 aliphatic heterocycles. The van der Waals surface area contributed by atoms with Gasteiger partial charge >= 0.3 is 0 Å². The van der Waals surface area contributed by atoms with Crippen LogP contribution in [0.5, 0.6) is 0 Å². The summed E-state index contributed by atoms with van der Waals surface area (Å²) in [5.41, 5.74) is 5.97. The van der Waals surface area contributed by atoms with Gasteiger partial charge in [0, 0.05) is 25.2 Å². The van der Waals surface area contributed by atoms with Gasteiger partial charge in [0.05, 0.1) is 6.54 Å². The molecule has 2 N–H and O–H groups in total. The van der Waals surface area contributed by atoms with Crippen molar-refractivity contribution in [2.45, 2.75) is 71.4 Å². The predicted octanol–water partition coefficient (Wildman–Crippen LogP) is 2.23. The van der Waals surface area contributed by atoms with E-state index in [1.165, 1.54) is 0 Å². The van der Waals surface area contributed by atoms with Crippen molar-refractivity contribution in [2.24, 2.45) is 5.73 Å². The molecule has 0 heterocycles. The number of hydrogen-bond acceptors (Lipinski definition) is 3. The first-order valence-electron chi connectivity index (χ1n) is 8.39. The van der Waals surface area contributed by atoms with Crippen LogP contribution in [0.2, 0.25) is 0 Å². The molecular formula is C16H33N3O. The summed E-state index contributed by atoms with van der Waals surface area (Å²) in [5.74, 6) is 0.297. The van der Waals surface area contributed by atoms with E-state index >= 15 is 0 Å². The Morgan fingerprint density at radius 1 is 1.05 bits per heavy atom. The quantitative estimate of drug-likeness (QED) is 0.743. The molecule has 1 aliphatic rings. The third-order valence-corrected chi connectivity index (χ3v) is 4.34. The molecular weight excluding hydrogens is 250 g/mol. The third-order valence-electron chi connectivity index (χ3n) is 4.34. The lowest BCUT2D eigenvalue weighted by atomic mass is 9.90. The maximum absolute atomic E-state index is 12.5. The van der Waals surface area contributed by atoms with Crippen LogP contribution in [0.1, 0.15) is 59.3 Å². The molecule has 0 atom stereocenters. The first-order valence-corrected chi connectivity index (χ1v) is 8.39. The number of amides is 1. The zero-order valence-corrected chi connectivity index (χ0v) is 13.6. The summed E-state index contributed by atoms with van der Waals surface area (Å²) in [6.45, 7) is 9.74. The molecule has 4 heteroatoms. The SMILES string of the molecule is CCCN(CCC)C(=O)CN(CC)C1CCC(N)CC1. The number of nitrogens with two attached hydrogens (primary N) is 1. The van der Waals surface area contributed by atoms with E-state index in [1.54, 1.807) is 0 Å². The topological polar surface area (TPSA) is 49.6 Å². The van der Waals surface area contributed by atoms with Crippen LogP contribution in [0, 0.1) is 0 Å². The van der Waals surface area contributed by atoms with Crippen LogP contribution >= 0.6 is 0 Å². The van der Waals surface area contributed by atoms with Crippen molar-refractivity contribution < 1.29 is 4.79 Å².